The normalized spacial score (nSPS) is 12.8. The molecule has 0 saturated carbocycles. The van der Waals surface area contributed by atoms with Crippen LogP contribution in [0.15, 0.2) is 81.6 Å². The fourth-order valence-electron chi connectivity index (χ4n) is 4.22. The van der Waals surface area contributed by atoms with E-state index in [2.05, 4.69) is 18.2 Å². The standard InChI is InChI=1S/C29H25BNO4/c1-28(2,32)29(3,4)35-30-18-13-14-20-24(16-18)33-23-11-7-10-21(25(20)23)27-31-22-15-12-17-8-5-6-9-19(17)26(22)34-27/h5-16,32H,1-4H3. The van der Waals surface area contributed by atoms with Gasteiger partial charge in [0, 0.05) is 21.7 Å². The Morgan fingerprint density at radius 1 is 0.829 bits per heavy atom. The minimum absolute atomic E-state index is 0.565. The van der Waals surface area contributed by atoms with Gasteiger partial charge in [0.2, 0.25) is 5.89 Å². The molecular formula is C29H25BNO4. The van der Waals surface area contributed by atoms with Crippen molar-refractivity contribution in [1.29, 1.82) is 0 Å². The third-order valence-corrected chi connectivity index (χ3v) is 6.99. The number of rotatable bonds is 5. The van der Waals surface area contributed by atoms with Gasteiger partial charge in [0.15, 0.2) is 5.58 Å². The number of aromatic nitrogens is 1. The summed E-state index contributed by atoms with van der Waals surface area (Å²) in [5, 5.41) is 14.5. The lowest BCUT2D eigenvalue weighted by molar-refractivity contribution is -0.0893. The highest BCUT2D eigenvalue weighted by molar-refractivity contribution is 6.47. The first-order valence-corrected chi connectivity index (χ1v) is 11.7. The molecule has 4 aromatic carbocycles. The van der Waals surface area contributed by atoms with E-state index in [-0.39, 0.29) is 0 Å². The molecule has 6 aromatic rings. The average Bonchev–Trinajstić information content (AvgIpc) is 3.43. The van der Waals surface area contributed by atoms with Crippen LogP contribution >= 0.6 is 0 Å². The number of hydrogen-bond donors (Lipinski definition) is 1. The molecule has 0 unspecified atom stereocenters. The van der Waals surface area contributed by atoms with Crippen molar-refractivity contribution in [1.82, 2.24) is 4.98 Å². The molecule has 0 atom stereocenters. The van der Waals surface area contributed by atoms with E-state index in [0.717, 1.165) is 54.8 Å². The van der Waals surface area contributed by atoms with Crippen LogP contribution in [0.4, 0.5) is 0 Å². The molecule has 2 heterocycles. The smallest absolute Gasteiger partial charge is 0.331 e. The Balaban J connectivity index is 1.44. The lowest BCUT2D eigenvalue weighted by atomic mass is 9.82. The zero-order valence-electron chi connectivity index (χ0n) is 20.1. The van der Waals surface area contributed by atoms with E-state index in [9.17, 15) is 5.11 Å². The number of hydrogen-bond acceptors (Lipinski definition) is 5. The highest BCUT2D eigenvalue weighted by Gasteiger charge is 2.35. The van der Waals surface area contributed by atoms with Crippen LogP contribution in [0, 0.1) is 0 Å². The summed E-state index contributed by atoms with van der Waals surface area (Å²) >= 11 is 0. The van der Waals surface area contributed by atoms with E-state index >= 15 is 0 Å². The predicted octanol–water partition coefficient (Wildman–Crippen LogP) is 6.36. The Morgan fingerprint density at radius 3 is 2.49 bits per heavy atom. The summed E-state index contributed by atoms with van der Waals surface area (Å²) in [6.07, 6.45) is 0. The third-order valence-electron chi connectivity index (χ3n) is 6.99. The molecule has 2 aromatic heterocycles. The Labute approximate surface area is 203 Å². The number of aliphatic hydroxyl groups is 1. The second-order valence-electron chi connectivity index (χ2n) is 10.00. The van der Waals surface area contributed by atoms with Crippen molar-refractivity contribution >= 4 is 56.8 Å². The minimum Gasteiger partial charge on any atom is -0.456 e. The first-order chi connectivity index (χ1) is 16.7. The minimum atomic E-state index is -0.993. The SMILES string of the molecule is CC(C)(O)C(C)(C)O[B]c1ccc2c(c1)oc1cccc(-c3nc4ccc5ccccc5c4o3)c12. The molecule has 0 spiro atoms. The van der Waals surface area contributed by atoms with Crippen molar-refractivity contribution in [3.05, 3.63) is 72.8 Å². The predicted molar refractivity (Wildman–Crippen MR) is 141 cm³/mol. The molecule has 0 fully saturated rings. The average molecular weight is 462 g/mol. The Bertz CT molecular complexity index is 1720. The van der Waals surface area contributed by atoms with Crippen LogP contribution in [0.3, 0.4) is 0 Å². The van der Waals surface area contributed by atoms with Gasteiger partial charge < -0.3 is 18.6 Å². The number of fused-ring (bicyclic) bond motifs is 6. The molecule has 1 N–H and O–H groups in total. The highest BCUT2D eigenvalue weighted by atomic mass is 16.5. The van der Waals surface area contributed by atoms with Crippen molar-refractivity contribution in [2.24, 2.45) is 0 Å². The van der Waals surface area contributed by atoms with Gasteiger partial charge in [-0.05, 0) is 62.8 Å². The summed E-state index contributed by atoms with van der Waals surface area (Å²) < 4.78 is 18.5. The van der Waals surface area contributed by atoms with Crippen molar-refractivity contribution in [2.45, 2.75) is 38.9 Å². The topological polar surface area (TPSA) is 68.6 Å². The fourth-order valence-corrected chi connectivity index (χ4v) is 4.22. The Morgan fingerprint density at radius 2 is 1.66 bits per heavy atom. The Hall–Kier alpha value is -3.61. The molecule has 0 saturated heterocycles. The molecule has 1 radical (unpaired) electrons. The van der Waals surface area contributed by atoms with Crippen LogP contribution in [0.25, 0.3) is 55.3 Å². The molecule has 0 bridgehead atoms. The number of nitrogens with zero attached hydrogens (tertiary/aromatic N) is 1. The van der Waals surface area contributed by atoms with Gasteiger partial charge in [-0.2, -0.15) is 0 Å². The van der Waals surface area contributed by atoms with Gasteiger partial charge in [-0.15, -0.1) is 0 Å². The molecule has 173 valence electrons. The van der Waals surface area contributed by atoms with Crippen LogP contribution < -0.4 is 5.46 Å². The highest BCUT2D eigenvalue weighted by Crippen LogP contribution is 2.38. The van der Waals surface area contributed by atoms with E-state index in [0.29, 0.717) is 5.89 Å². The van der Waals surface area contributed by atoms with Gasteiger partial charge in [-0.25, -0.2) is 4.98 Å². The van der Waals surface area contributed by atoms with Crippen molar-refractivity contribution < 1.29 is 18.6 Å². The van der Waals surface area contributed by atoms with Crippen molar-refractivity contribution in [3.63, 3.8) is 0 Å². The van der Waals surface area contributed by atoms with Gasteiger partial charge in [0.05, 0.1) is 11.2 Å². The number of benzene rings is 4. The third kappa shape index (κ3) is 3.61. The summed E-state index contributed by atoms with van der Waals surface area (Å²) in [5.41, 5.74) is 3.11. The van der Waals surface area contributed by atoms with Crippen LogP contribution in [0.5, 0.6) is 0 Å². The first kappa shape index (κ1) is 21.9. The second-order valence-corrected chi connectivity index (χ2v) is 10.00. The second kappa shape index (κ2) is 7.70. The molecule has 0 aliphatic rings. The maximum atomic E-state index is 10.4. The maximum absolute atomic E-state index is 10.4. The van der Waals surface area contributed by atoms with E-state index < -0.39 is 11.2 Å². The molecule has 6 heteroatoms. The maximum Gasteiger partial charge on any atom is 0.331 e. The van der Waals surface area contributed by atoms with E-state index in [1.807, 2.05) is 68.4 Å². The lowest BCUT2D eigenvalue weighted by Gasteiger charge is -2.37. The number of oxazole rings is 1. The summed E-state index contributed by atoms with van der Waals surface area (Å²) in [6.45, 7) is 7.19. The molecule has 6 rings (SSSR count). The Kier molecular flexibility index (Phi) is 4.82. The molecular weight excluding hydrogens is 437 g/mol. The zero-order chi connectivity index (χ0) is 24.4. The van der Waals surface area contributed by atoms with Crippen LogP contribution in [-0.4, -0.2) is 28.8 Å². The summed E-state index contributed by atoms with van der Waals surface area (Å²) in [5.74, 6) is 0.565. The van der Waals surface area contributed by atoms with E-state index in [1.165, 1.54) is 0 Å². The molecule has 0 aliphatic carbocycles. The van der Waals surface area contributed by atoms with E-state index in [1.54, 1.807) is 21.3 Å². The van der Waals surface area contributed by atoms with Crippen LogP contribution in [0.2, 0.25) is 0 Å². The molecule has 0 aliphatic heterocycles. The summed E-state index contributed by atoms with van der Waals surface area (Å²) in [4.78, 5) is 4.81. The van der Waals surface area contributed by atoms with Crippen molar-refractivity contribution in [3.8, 4) is 11.5 Å². The monoisotopic (exact) mass is 462 g/mol. The van der Waals surface area contributed by atoms with Crippen LogP contribution in [-0.2, 0) is 4.65 Å². The molecule has 0 amide bonds. The fraction of sp³-hybridized carbons (Fsp3) is 0.207. The van der Waals surface area contributed by atoms with Crippen molar-refractivity contribution in [2.75, 3.05) is 0 Å². The molecule has 35 heavy (non-hydrogen) atoms. The van der Waals surface area contributed by atoms with Gasteiger partial charge in [-0.1, -0.05) is 48.5 Å². The zero-order valence-corrected chi connectivity index (χ0v) is 20.1. The summed E-state index contributed by atoms with van der Waals surface area (Å²) in [6, 6.07) is 24.1. The van der Waals surface area contributed by atoms with Gasteiger partial charge in [-0.3, -0.25) is 0 Å². The van der Waals surface area contributed by atoms with E-state index in [4.69, 9.17) is 18.5 Å². The van der Waals surface area contributed by atoms with Crippen LogP contribution in [0.1, 0.15) is 27.7 Å². The largest absolute Gasteiger partial charge is 0.456 e. The quantitative estimate of drug-likeness (QED) is 0.302. The molecule has 5 nitrogen and oxygen atoms in total. The first-order valence-electron chi connectivity index (χ1n) is 11.7. The van der Waals surface area contributed by atoms with Gasteiger partial charge >= 0.3 is 7.48 Å². The van der Waals surface area contributed by atoms with Gasteiger partial charge in [0.25, 0.3) is 0 Å². The summed E-state index contributed by atoms with van der Waals surface area (Å²) in [7, 11) is 1.66. The van der Waals surface area contributed by atoms with Gasteiger partial charge in [0.1, 0.15) is 16.7 Å². The number of furan rings is 1. The lowest BCUT2D eigenvalue weighted by Crippen LogP contribution is -2.49.